The summed E-state index contributed by atoms with van der Waals surface area (Å²) in [6.07, 6.45) is -2.89. The lowest BCUT2D eigenvalue weighted by atomic mass is 10.3. The van der Waals surface area contributed by atoms with Gasteiger partial charge in [0, 0.05) is 5.92 Å². The summed E-state index contributed by atoms with van der Waals surface area (Å²) >= 11 is 0. The molecule has 0 saturated heterocycles. The van der Waals surface area contributed by atoms with Gasteiger partial charge in [-0.05, 0) is 19.8 Å². The van der Waals surface area contributed by atoms with E-state index < -0.39 is 12.0 Å². The lowest BCUT2D eigenvalue weighted by Gasteiger charge is -2.01. The lowest BCUT2D eigenvalue weighted by Crippen LogP contribution is -2.15. The Balaban J connectivity index is 2.15. The zero-order valence-electron chi connectivity index (χ0n) is 8.58. The second-order valence-electron chi connectivity index (χ2n) is 3.88. The summed E-state index contributed by atoms with van der Waals surface area (Å²) < 4.78 is 37.8. The molecule has 0 spiro atoms. The number of rotatable bonds is 3. The zero-order chi connectivity index (χ0) is 11.9. The Morgan fingerprint density at radius 2 is 2.12 bits per heavy atom. The molecule has 7 heteroatoms. The van der Waals surface area contributed by atoms with Gasteiger partial charge in [-0.2, -0.15) is 13.2 Å². The van der Waals surface area contributed by atoms with Crippen LogP contribution in [0, 0.1) is 12.8 Å². The first kappa shape index (κ1) is 11.1. The number of alkyl halides is 3. The van der Waals surface area contributed by atoms with Gasteiger partial charge in [0.1, 0.15) is 12.4 Å². The van der Waals surface area contributed by atoms with Crippen molar-refractivity contribution in [1.29, 1.82) is 0 Å². The van der Waals surface area contributed by atoms with Gasteiger partial charge in [-0.1, -0.05) is 0 Å². The van der Waals surface area contributed by atoms with E-state index in [2.05, 4.69) is 10.1 Å². The van der Waals surface area contributed by atoms with E-state index in [0.717, 1.165) is 17.5 Å². The molecule has 0 radical (unpaired) electrons. The second kappa shape index (κ2) is 3.57. The number of carbonyl (C=O) groups is 1. The fourth-order valence-electron chi connectivity index (χ4n) is 1.37. The standard InChI is InChI=1S/C9H10F3N3O/c1-5-13-8(9(10,11)12)14-15(5)4-7(16)6-2-3-6/h6H,2-4H2,1H3. The Labute approximate surface area is 89.5 Å². The van der Waals surface area contributed by atoms with E-state index in [0.29, 0.717) is 0 Å². The van der Waals surface area contributed by atoms with E-state index >= 15 is 0 Å². The largest absolute Gasteiger partial charge is 0.453 e. The van der Waals surface area contributed by atoms with Crippen molar-refractivity contribution in [3.05, 3.63) is 11.6 Å². The zero-order valence-corrected chi connectivity index (χ0v) is 8.58. The predicted molar refractivity (Wildman–Crippen MR) is 47.5 cm³/mol. The highest BCUT2D eigenvalue weighted by molar-refractivity contribution is 5.82. The normalized spacial score (nSPS) is 16.5. The number of halogens is 3. The number of hydrogen-bond donors (Lipinski definition) is 0. The van der Waals surface area contributed by atoms with E-state index in [9.17, 15) is 18.0 Å². The Hall–Kier alpha value is -1.40. The maximum Gasteiger partial charge on any atom is 0.453 e. The van der Waals surface area contributed by atoms with Crippen molar-refractivity contribution in [2.24, 2.45) is 5.92 Å². The third kappa shape index (κ3) is 2.23. The number of aryl methyl sites for hydroxylation is 1. The number of Topliss-reactive ketones (excluding diaryl/α,β-unsaturated/α-hetero) is 1. The minimum atomic E-state index is -4.56. The molecule has 0 unspecified atom stereocenters. The summed E-state index contributed by atoms with van der Waals surface area (Å²) in [5, 5.41) is 3.29. The Morgan fingerprint density at radius 1 is 1.50 bits per heavy atom. The highest BCUT2D eigenvalue weighted by atomic mass is 19.4. The van der Waals surface area contributed by atoms with E-state index in [4.69, 9.17) is 0 Å². The number of aromatic nitrogens is 3. The van der Waals surface area contributed by atoms with Crippen LogP contribution in [0.2, 0.25) is 0 Å². The van der Waals surface area contributed by atoms with Crippen LogP contribution in [0.25, 0.3) is 0 Å². The van der Waals surface area contributed by atoms with Gasteiger partial charge >= 0.3 is 6.18 Å². The fraction of sp³-hybridized carbons (Fsp3) is 0.667. The fourth-order valence-corrected chi connectivity index (χ4v) is 1.37. The summed E-state index contributed by atoms with van der Waals surface area (Å²) in [5.41, 5.74) is 0. The van der Waals surface area contributed by atoms with Crippen LogP contribution in [-0.2, 0) is 17.5 Å². The van der Waals surface area contributed by atoms with Gasteiger partial charge in [0.15, 0.2) is 5.78 Å². The molecule has 1 fully saturated rings. The topological polar surface area (TPSA) is 47.8 Å². The number of ketones is 1. The molecule has 0 amide bonds. The average Bonchev–Trinajstić information content (AvgIpc) is 2.92. The van der Waals surface area contributed by atoms with Crippen molar-refractivity contribution in [2.75, 3.05) is 0 Å². The molecule has 1 aliphatic carbocycles. The van der Waals surface area contributed by atoms with E-state index in [1.165, 1.54) is 6.92 Å². The van der Waals surface area contributed by atoms with Gasteiger partial charge in [0.05, 0.1) is 0 Å². The van der Waals surface area contributed by atoms with E-state index in [1.54, 1.807) is 0 Å². The molecule has 0 N–H and O–H groups in total. The number of hydrogen-bond acceptors (Lipinski definition) is 3. The Bertz CT molecular complexity index is 420. The van der Waals surface area contributed by atoms with Crippen LogP contribution in [0.15, 0.2) is 0 Å². The summed E-state index contributed by atoms with van der Waals surface area (Å²) in [4.78, 5) is 14.7. The highest BCUT2D eigenvalue weighted by Gasteiger charge is 2.37. The molecule has 1 aromatic heterocycles. The van der Waals surface area contributed by atoms with Gasteiger partial charge < -0.3 is 0 Å². The van der Waals surface area contributed by atoms with Gasteiger partial charge in [0.25, 0.3) is 5.82 Å². The van der Waals surface area contributed by atoms with Crippen LogP contribution in [0.1, 0.15) is 24.5 Å². The average molecular weight is 233 g/mol. The molecular formula is C9H10F3N3O. The molecule has 1 saturated carbocycles. The number of nitrogens with zero attached hydrogens (tertiary/aromatic N) is 3. The van der Waals surface area contributed by atoms with Crippen LogP contribution in [0.4, 0.5) is 13.2 Å². The third-order valence-corrected chi connectivity index (χ3v) is 2.45. The molecular weight excluding hydrogens is 223 g/mol. The van der Waals surface area contributed by atoms with Crippen LogP contribution < -0.4 is 0 Å². The quantitative estimate of drug-likeness (QED) is 0.796. The van der Waals surface area contributed by atoms with E-state index in [-0.39, 0.29) is 24.1 Å². The van der Waals surface area contributed by atoms with Gasteiger partial charge in [-0.15, -0.1) is 5.10 Å². The number of carbonyl (C=O) groups excluding carboxylic acids is 1. The van der Waals surface area contributed by atoms with Gasteiger partial charge in [0.2, 0.25) is 0 Å². The van der Waals surface area contributed by atoms with Crippen molar-refractivity contribution < 1.29 is 18.0 Å². The molecule has 0 atom stereocenters. The molecule has 1 heterocycles. The lowest BCUT2D eigenvalue weighted by molar-refractivity contribution is -0.145. The Morgan fingerprint density at radius 3 is 2.56 bits per heavy atom. The van der Waals surface area contributed by atoms with Crippen molar-refractivity contribution in [1.82, 2.24) is 14.8 Å². The summed E-state index contributed by atoms with van der Waals surface area (Å²) in [6.45, 7) is 1.29. The van der Waals surface area contributed by atoms with Crippen molar-refractivity contribution in [3.63, 3.8) is 0 Å². The molecule has 0 aromatic carbocycles. The molecule has 2 rings (SSSR count). The van der Waals surface area contributed by atoms with Crippen molar-refractivity contribution >= 4 is 5.78 Å². The minimum absolute atomic E-state index is 0.0120. The maximum absolute atomic E-state index is 12.3. The molecule has 1 aliphatic rings. The first-order valence-corrected chi connectivity index (χ1v) is 4.89. The van der Waals surface area contributed by atoms with Crippen LogP contribution >= 0.6 is 0 Å². The maximum atomic E-state index is 12.3. The SMILES string of the molecule is Cc1nc(C(F)(F)F)nn1CC(=O)C1CC1. The monoisotopic (exact) mass is 233 g/mol. The summed E-state index contributed by atoms with van der Waals surface area (Å²) in [5.74, 6) is -1.13. The van der Waals surface area contributed by atoms with Gasteiger partial charge in [-0.25, -0.2) is 9.67 Å². The molecule has 0 aliphatic heterocycles. The minimum Gasteiger partial charge on any atom is -0.297 e. The highest BCUT2D eigenvalue weighted by Crippen LogP contribution is 2.30. The van der Waals surface area contributed by atoms with Crippen LogP contribution in [0.5, 0.6) is 0 Å². The first-order chi connectivity index (χ1) is 7.38. The summed E-state index contributed by atoms with van der Waals surface area (Å²) in [6, 6.07) is 0. The molecule has 4 nitrogen and oxygen atoms in total. The van der Waals surface area contributed by atoms with Gasteiger partial charge in [-0.3, -0.25) is 4.79 Å². The van der Waals surface area contributed by atoms with Crippen molar-refractivity contribution in [2.45, 2.75) is 32.5 Å². The second-order valence-corrected chi connectivity index (χ2v) is 3.88. The van der Waals surface area contributed by atoms with E-state index in [1.807, 2.05) is 0 Å². The molecule has 1 aromatic rings. The van der Waals surface area contributed by atoms with Crippen LogP contribution in [-0.4, -0.2) is 20.5 Å². The third-order valence-electron chi connectivity index (χ3n) is 2.45. The molecule has 88 valence electrons. The summed E-state index contributed by atoms with van der Waals surface area (Å²) in [7, 11) is 0. The first-order valence-electron chi connectivity index (χ1n) is 4.89. The molecule has 0 bridgehead atoms. The molecule has 16 heavy (non-hydrogen) atoms. The van der Waals surface area contributed by atoms with Crippen LogP contribution in [0.3, 0.4) is 0 Å². The van der Waals surface area contributed by atoms with Crippen molar-refractivity contribution in [3.8, 4) is 0 Å². The predicted octanol–water partition coefficient (Wildman–Crippen LogP) is 1.58. The smallest absolute Gasteiger partial charge is 0.297 e. The Kier molecular flexibility index (Phi) is 2.47.